The molecule has 0 aliphatic heterocycles. The second kappa shape index (κ2) is 8.20. The first-order chi connectivity index (χ1) is 14.4. The van der Waals surface area contributed by atoms with Crippen LogP contribution in [0.1, 0.15) is 33.6 Å². The lowest BCUT2D eigenvalue weighted by Gasteiger charge is -2.06. The zero-order chi connectivity index (χ0) is 21.3. The van der Waals surface area contributed by atoms with Gasteiger partial charge in [0.2, 0.25) is 4.77 Å². The van der Waals surface area contributed by atoms with E-state index in [0.29, 0.717) is 10.6 Å². The zero-order valence-electron chi connectivity index (χ0n) is 17.5. The lowest BCUT2D eigenvalue weighted by atomic mass is 10.1. The summed E-state index contributed by atoms with van der Waals surface area (Å²) < 4.78 is 4.12. The van der Waals surface area contributed by atoms with Gasteiger partial charge >= 0.3 is 0 Å². The Bertz CT molecular complexity index is 1270. The SMILES string of the molecule is Cc1ccc(Cn2nc(C)c(/C=N\n3c(-c4ccccc4C)n[nH]c3=S)c2C)cc1. The van der Waals surface area contributed by atoms with Crippen molar-refractivity contribution in [3.63, 3.8) is 0 Å². The van der Waals surface area contributed by atoms with E-state index in [4.69, 9.17) is 17.3 Å². The summed E-state index contributed by atoms with van der Waals surface area (Å²) in [5, 5.41) is 16.6. The number of nitrogens with zero attached hydrogens (tertiary/aromatic N) is 5. The molecule has 152 valence electrons. The molecule has 0 spiro atoms. The molecule has 7 heteroatoms. The standard InChI is InChI=1S/C23H24N6S/c1-15-9-11-19(12-10-15)14-28-18(4)21(17(3)27-28)13-24-29-22(25-26-23(29)30)20-8-6-5-7-16(20)2/h5-13H,14H2,1-4H3,(H,26,30)/b24-13-. The number of aromatic nitrogens is 5. The van der Waals surface area contributed by atoms with E-state index in [1.54, 1.807) is 4.68 Å². The van der Waals surface area contributed by atoms with E-state index < -0.39 is 0 Å². The van der Waals surface area contributed by atoms with Gasteiger partial charge in [0.05, 0.1) is 18.5 Å². The van der Waals surface area contributed by atoms with Crippen LogP contribution in [0.2, 0.25) is 0 Å². The molecular weight excluding hydrogens is 392 g/mol. The van der Waals surface area contributed by atoms with Crippen molar-refractivity contribution in [2.24, 2.45) is 5.10 Å². The Hall–Kier alpha value is -3.32. The molecule has 2 heterocycles. The summed E-state index contributed by atoms with van der Waals surface area (Å²) in [7, 11) is 0. The van der Waals surface area contributed by atoms with Gasteiger partial charge in [-0.05, 0) is 51.0 Å². The second-order valence-electron chi connectivity index (χ2n) is 7.45. The number of hydrogen-bond donors (Lipinski definition) is 1. The van der Waals surface area contributed by atoms with Gasteiger partial charge in [0.15, 0.2) is 5.82 Å². The molecule has 4 rings (SSSR count). The lowest BCUT2D eigenvalue weighted by Crippen LogP contribution is -2.04. The molecule has 0 saturated heterocycles. The highest BCUT2D eigenvalue weighted by atomic mass is 32.1. The third-order valence-corrected chi connectivity index (χ3v) is 5.49. The van der Waals surface area contributed by atoms with Crippen molar-refractivity contribution in [2.75, 3.05) is 0 Å². The van der Waals surface area contributed by atoms with Gasteiger partial charge in [-0.25, -0.2) is 5.10 Å². The van der Waals surface area contributed by atoms with E-state index in [9.17, 15) is 0 Å². The summed E-state index contributed by atoms with van der Waals surface area (Å²) >= 11 is 5.41. The Morgan fingerprint density at radius 1 is 1.03 bits per heavy atom. The van der Waals surface area contributed by atoms with Crippen molar-refractivity contribution >= 4 is 18.4 Å². The van der Waals surface area contributed by atoms with Crippen molar-refractivity contribution < 1.29 is 0 Å². The van der Waals surface area contributed by atoms with Crippen LogP contribution in [0.25, 0.3) is 11.4 Å². The second-order valence-corrected chi connectivity index (χ2v) is 7.84. The topological polar surface area (TPSA) is 63.8 Å². The quantitative estimate of drug-likeness (QED) is 0.369. The van der Waals surface area contributed by atoms with E-state index in [1.807, 2.05) is 49.0 Å². The Balaban J connectivity index is 1.67. The molecule has 30 heavy (non-hydrogen) atoms. The van der Waals surface area contributed by atoms with Gasteiger partial charge in [0, 0.05) is 16.8 Å². The zero-order valence-corrected chi connectivity index (χ0v) is 18.4. The maximum atomic E-state index is 5.41. The summed E-state index contributed by atoms with van der Waals surface area (Å²) in [4.78, 5) is 0. The molecule has 0 saturated carbocycles. The van der Waals surface area contributed by atoms with E-state index >= 15 is 0 Å². The highest BCUT2D eigenvalue weighted by Gasteiger charge is 2.13. The molecule has 0 radical (unpaired) electrons. The van der Waals surface area contributed by atoms with Crippen molar-refractivity contribution in [1.82, 2.24) is 24.7 Å². The maximum absolute atomic E-state index is 5.41. The molecule has 2 aromatic heterocycles. The van der Waals surface area contributed by atoms with E-state index in [0.717, 1.165) is 34.6 Å². The van der Waals surface area contributed by atoms with Gasteiger partial charge in [0.25, 0.3) is 0 Å². The Morgan fingerprint density at radius 2 is 1.77 bits per heavy atom. The number of H-pyrrole nitrogens is 1. The number of aryl methyl sites for hydroxylation is 3. The Morgan fingerprint density at radius 3 is 2.50 bits per heavy atom. The van der Waals surface area contributed by atoms with Gasteiger partial charge in [0.1, 0.15) is 0 Å². The molecule has 2 aromatic carbocycles. The van der Waals surface area contributed by atoms with Crippen LogP contribution in [-0.4, -0.2) is 30.9 Å². The van der Waals surface area contributed by atoms with Crippen molar-refractivity contribution in [3.05, 3.63) is 86.9 Å². The number of benzene rings is 2. The van der Waals surface area contributed by atoms with Gasteiger partial charge in [-0.3, -0.25) is 4.68 Å². The van der Waals surface area contributed by atoms with E-state index in [2.05, 4.69) is 53.4 Å². The molecule has 1 N–H and O–H groups in total. The molecule has 0 aliphatic rings. The molecule has 0 aliphatic carbocycles. The molecular formula is C23H24N6S. The highest BCUT2D eigenvalue weighted by Crippen LogP contribution is 2.21. The smallest absolute Gasteiger partial charge is 0.216 e. The van der Waals surface area contributed by atoms with Crippen molar-refractivity contribution in [1.29, 1.82) is 0 Å². The van der Waals surface area contributed by atoms with Gasteiger partial charge in [-0.1, -0.05) is 54.1 Å². The minimum atomic E-state index is 0.451. The number of hydrogen-bond acceptors (Lipinski definition) is 4. The van der Waals surface area contributed by atoms with Crippen LogP contribution in [0.3, 0.4) is 0 Å². The summed E-state index contributed by atoms with van der Waals surface area (Å²) in [6.07, 6.45) is 1.82. The van der Waals surface area contributed by atoms with E-state index in [1.165, 1.54) is 11.1 Å². The third kappa shape index (κ3) is 3.89. The van der Waals surface area contributed by atoms with Crippen LogP contribution in [0.5, 0.6) is 0 Å². The summed E-state index contributed by atoms with van der Waals surface area (Å²) in [5.41, 5.74) is 7.54. The monoisotopic (exact) mass is 416 g/mol. The molecule has 0 fully saturated rings. The Kier molecular flexibility index (Phi) is 5.46. The van der Waals surface area contributed by atoms with Crippen LogP contribution >= 0.6 is 12.2 Å². The lowest BCUT2D eigenvalue weighted by molar-refractivity contribution is 0.659. The molecule has 0 unspecified atom stereocenters. The predicted octanol–water partition coefficient (Wildman–Crippen LogP) is 4.97. The van der Waals surface area contributed by atoms with Crippen LogP contribution in [-0.2, 0) is 6.54 Å². The van der Waals surface area contributed by atoms with Gasteiger partial charge < -0.3 is 0 Å². The Labute approximate surface area is 180 Å². The molecule has 6 nitrogen and oxygen atoms in total. The first-order valence-corrected chi connectivity index (χ1v) is 10.2. The highest BCUT2D eigenvalue weighted by molar-refractivity contribution is 7.71. The maximum Gasteiger partial charge on any atom is 0.216 e. The first-order valence-electron chi connectivity index (χ1n) is 9.81. The fourth-order valence-electron chi connectivity index (χ4n) is 3.43. The van der Waals surface area contributed by atoms with Crippen LogP contribution < -0.4 is 0 Å². The summed E-state index contributed by atoms with van der Waals surface area (Å²) in [6.45, 7) is 8.92. The fraction of sp³-hybridized carbons (Fsp3) is 0.217. The fourth-order valence-corrected chi connectivity index (χ4v) is 3.61. The molecule has 0 amide bonds. The van der Waals surface area contributed by atoms with Crippen LogP contribution in [0.15, 0.2) is 53.6 Å². The minimum absolute atomic E-state index is 0.451. The normalized spacial score (nSPS) is 11.5. The van der Waals surface area contributed by atoms with Crippen molar-refractivity contribution in [3.8, 4) is 11.4 Å². The minimum Gasteiger partial charge on any atom is -0.265 e. The average molecular weight is 417 g/mol. The summed E-state index contributed by atoms with van der Waals surface area (Å²) in [5.74, 6) is 0.691. The number of nitrogens with one attached hydrogen (secondary N) is 1. The molecule has 4 aromatic rings. The summed E-state index contributed by atoms with van der Waals surface area (Å²) in [6, 6.07) is 16.6. The average Bonchev–Trinajstić information content (AvgIpc) is 3.21. The molecule has 0 bridgehead atoms. The van der Waals surface area contributed by atoms with Gasteiger partial charge in [-0.15, -0.1) is 0 Å². The van der Waals surface area contributed by atoms with Crippen LogP contribution in [0, 0.1) is 32.5 Å². The largest absolute Gasteiger partial charge is 0.265 e. The third-order valence-electron chi connectivity index (χ3n) is 5.23. The molecule has 0 atom stereocenters. The van der Waals surface area contributed by atoms with E-state index in [-0.39, 0.29) is 0 Å². The number of rotatable bonds is 5. The number of aromatic amines is 1. The predicted molar refractivity (Wildman–Crippen MR) is 123 cm³/mol. The van der Waals surface area contributed by atoms with Crippen LogP contribution in [0.4, 0.5) is 0 Å². The van der Waals surface area contributed by atoms with Gasteiger partial charge in [-0.2, -0.15) is 20.0 Å². The van der Waals surface area contributed by atoms with Crippen molar-refractivity contribution in [2.45, 2.75) is 34.2 Å². The first kappa shape index (κ1) is 20.0.